The molecule has 7 heteroatoms. The second-order valence-corrected chi connectivity index (χ2v) is 5.08. The monoisotopic (exact) mass is 349 g/mol. The van der Waals surface area contributed by atoms with Crippen molar-refractivity contribution in [3.8, 4) is 5.75 Å². The summed E-state index contributed by atoms with van der Waals surface area (Å²) in [5, 5.41) is 2.62. The van der Waals surface area contributed by atoms with Crippen molar-refractivity contribution < 1.29 is 27.8 Å². The zero-order valence-corrected chi connectivity index (χ0v) is 13.5. The molecule has 0 unspecified atom stereocenters. The Labute approximate surface area is 143 Å². The second-order valence-electron chi connectivity index (χ2n) is 5.08. The molecule has 0 aliphatic carbocycles. The van der Waals surface area contributed by atoms with Crippen LogP contribution in [0.4, 0.5) is 14.5 Å². The number of carbonyl (C=O) groups excluding carboxylic acids is 2. The zero-order valence-electron chi connectivity index (χ0n) is 13.5. The number of carbonyl (C=O) groups is 2. The maximum Gasteiger partial charge on any atom is 0.387 e. The molecule has 0 bridgehead atoms. The van der Waals surface area contributed by atoms with Gasteiger partial charge in [0.15, 0.2) is 6.61 Å². The Balaban J connectivity index is 1.89. The van der Waals surface area contributed by atoms with Gasteiger partial charge in [0.1, 0.15) is 5.75 Å². The number of benzene rings is 2. The Kier molecular flexibility index (Phi) is 6.45. The molecule has 132 valence electrons. The van der Waals surface area contributed by atoms with Gasteiger partial charge in [-0.25, -0.2) is 4.79 Å². The maximum atomic E-state index is 12.2. The normalized spacial score (nSPS) is 10.4. The second kappa shape index (κ2) is 8.77. The van der Waals surface area contributed by atoms with Crippen LogP contribution in [0, 0.1) is 0 Å². The first kappa shape index (κ1) is 18.4. The first-order valence-electron chi connectivity index (χ1n) is 7.58. The van der Waals surface area contributed by atoms with E-state index in [0.29, 0.717) is 5.69 Å². The van der Waals surface area contributed by atoms with E-state index in [4.69, 9.17) is 4.74 Å². The third kappa shape index (κ3) is 5.87. The van der Waals surface area contributed by atoms with E-state index in [2.05, 4.69) is 10.1 Å². The lowest BCUT2D eigenvalue weighted by molar-refractivity contribution is -0.119. The maximum absolute atomic E-state index is 12.2. The van der Waals surface area contributed by atoms with E-state index in [9.17, 15) is 18.4 Å². The van der Waals surface area contributed by atoms with Gasteiger partial charge in [0, 0.05) is 5.69 Å². The van der Waals surface area contributed by atoms with E-state index in [1.54, 1.807) is 6.07 Å². The highest BCUT2D eigenvalue weighted by Crippen LogP contribution is 2.16. The third-order valence-electron chi connectivity index (χ3n) is 3.25. The summed E-state index contributed by atoms with van der Waals surface area (Å²) < 4.78 is 33.4. The van der Waals surface area contributed by atoms with Crippen LogP contribution in [-0.4, -0.2) is 25.1 Å². The van der Waals surface area contributed by atoms with E-state index in [1.165, 1.54) is 18.2 Å². The molecule has 2 aromatic rings. The number of alkyl halides is 2. The molecular weight excluding hydrogens is 332 g/mol. The van der Waals surface area contributed by atoms with E-state index < -0.39 is 25.1 Å². The largest absolute Gasteiger partial charge is 0.452 e. The van der Waals surface area contributed by atoms with Gasteiger partial charge in [-0.2, -0.15) is 8.78 Å². The number of ether oxygens (including phenoxy) is 2. The van der Waals surface area contributed by atoms with Crippen LogP contribution in [0.5, 0.6) is 5.75 Å². The first-order valence-corrected chi connectivity index (χ1v) is 7.58. The number of hydrogen-bond donors (Lipinski definition) is 1. The summed E-state index contributed by atoms with van der Waals surface area (Å²) in [6.45, 7) is -1.49. The Bertz CT molecular complexity index is 749. The number of nitrogens with one attached hydrogen (secondary N) is 1. The van der Waals surface area contributed by atoms with Gasteiger partial charge in [-0.1, -0.05) is 25.1 Å². The van der Waals surface area contributed by atoms with Crippen molar-refractivity contribution >= 4 is 17.6 Å². The predicted molar refractivity (Wildman–Crippen MR) is 87.8 cm³/mol. The van der Waals surface area contributed by atoms with Crippen molar-refractivity contribution in [2.45, 2.75) is 20.0 Å². The Morgan fingerprint density at radius 2 is 1.88 bits per heavy atom. The highest BCUT2D eigenvalue weighted by atomic mass is 19.3. The smallest absolute Gasteiger partial charge is 0.387 e. The minimum atomic E-state index is -2.99. The molecule has 0 aromatic heterocycles. The minimum Gasteiger partial charge on any atom is -0.452 e. The fourth-order valence-corrected chi connectivity index (χ4v) is 2.08. The van der Waals surface area contributed by atoms with Crippen LogP contribution in [-0.2, 0) is 16.0 Å². The molecule has 0 saturated heterocycles. The summed E-state index contributed by atoms with van der Waals surface area (Å²) >= 11 is 0. The molecule has 0 aliphatic heterocycles. The van der Waals surface area contributed by atoms with Crippen LogP contribution in [0.15, 0.2) is 48.5 Å². The molecule has 0 saturated carbocycles. The molecule has 0 atom stereocenters. The molecule has 1 N–H and O–H groups in total. The molecule has 1 amide bonds. The van der Waals surface area contributed by atoms with Gasteiger partial charge in [0.05, 0.1) is 5.56 Å². The molecule has 0 radical (unpaired) electrons. The van der Waals surface area contributed by atoms with Crippen molar-refractivity contribution in [2.75, 3.05) is 11.9 Å². The molecular formula is C18H17F2NO4. The number of aryl methyl sites for hydroxylation is 1. The molecule has 0 aliphatic rings. The number of halogens is 2. The Morgan fingerprint density at radius 1 is 1.12 bits per heavy atom. The van der Waals surface area contributed by atoms with Crippen LogP contribution >= 0.6 is 0 Å². The highest BCUT2D eigenvalue weighted by Gasteiger charge is 2.13. The van der Waals surface area contributed by atoms with E-state index in [0.717, 1.165) is 18.1 Å². The van der Waals surface area contributed by atoms with Crippen molar-refractivity contribution in [1.29, 1.82) is 0 Å². The van der Waals surface area contributed by atoms with Gasteiger partial charge >= 0.3 is 12.6 Å². The standard InChI is InChI=1S/C18H17F2NO4/c1-2-12-5-3-7-14(9-12)21-16(22)11-24-17(23)13-6-4-8-15(10-13)25-18(19)20/h3-10,18H,2,11H2,1H3,(H,21,22). The average Bonchev–Trinajstić information content (AvgIpc) is 2.59. The minimum absolute atomic E-state index is 0.0129. The summed E-state index contributed by atoms with van der Waals surface area (Å²) in [6, 6.07) is 12.5. The highest BCUT2D eigenvalue weighted by molar-refractivity contribution is 5.95. The Hall–Kier alpha value is -2.96. The van der Waals surface area contributed by atoms with Gasteiger partial charge in [0.2, 0.25) is 0 Å². The number of rotatable bonds is 7. The van der Waals surface area contributed by atoms with Crippen molar-refractivity contribution in [3.63, 3.8) is 0 Å². The van der Waals surface area contributed by atoms with Crippen LogP contribution in [0.25, 0.3) is 0 Å². The quantitative estimate of drug-likeness (QED) is 0.775. The van der Waals surface area contributed by atoms with Crippen LogP contribution < -0.4 is 10.1 Å². The number of amides is 1. The van der Waals surface area contributed by atoms with Crippen LogP contribution in [0.1, 0.15) is 22.8 Å². The molecule has 0 spiro atoms. The fourth-order valence-electron chi connectivity index (χ4n) is 2.08. The number of esters is 1. The number of anilines is 1. The van der Waals surface area contributed by atoms with Gasteiger partial charge in [0.25, 0.3) is 5.91 Å². The topological polar surface area (TPSA) is 64.6 Å². The van der Waals surface area contributed by atoms with E-state index in [-0.39, 0.29) is 11.3 Å². The average molecular weight is 349 g/mol. The lowest BCUT2D eigenvalue weighted by Crippen LogP contribution is -2.21. The third-order valence-corrected chi connectivity index (χ3v) is 3.25. The molecule has 5 nitrogen and oxygen atoms in total. The predicted octanol–water partition coefficient (Wildman–Crippen LogP) is 3.65. The van der Waals surface area contributed by atoms with Gasteiger partial charge in [-0.3, -0.25) is 4.79 Å². The van der Waals surface area contributed by atoms with Crippen molar-refractivity contribution in [2.24, 2.45) is 0 Å². The summed E-state index contributed by atoms with van der Waals surface area (Å²) in [5.41, 5.74) is 1.68. The van der Waals surface area contributed by atoms with Crippen molar-refractivity contribution in [3.05, 3.63) is 59.7 Å². The molecule has 0 fully saturated rings. The molecule has 2 aromatic carbocycles. The molecule has 2 rings (SSSR count). The van der Waals surface area contributed by atoms with Gasteiger partial charge in [-0.05, 0) is 42.3 Å². The number of hydrogen-bond acceptors (Lipinski definition) is 4. The van der Waals surface area contributed by atoms with Gasteiger partial charge in [-0.15, -0.1) is 0 Å². The van der Waals surface area contributed by atoms with E-state index in [1.807, 2.05) is 25.1 Å². The van der Waals surface area contributed by atoms with Crippen LogP contribution in [0.2, 0.25) is 0 Å². The summed E-state index contributed by atoms with van der Waals surface area (Å²) in [6.07, 6.45) is 0.829. The summed E-state index contributed by atoms with van der Waals surface area (Å²) in [4.78, 5) is 23.7. The SMILES string of the molecule is CCc1cccc(NC(=O)COC(=O)c2cccc(OC(F)F)c2)c1. The fraction of sp³-hybridized carbons (Fsp3) is 0.222. The van der Waals surface area contributed by atoms with Gasteiger partial charge < -0.3 is 14.8 Å². The lowest BCUT2D eigenvalue weighted by atomic mass is 10.1. The zero-order chi connectivity index (χ0) is 18.2. The lowest BCUT2D eigenvalue weighted by Gasteiger charge is -2.09. The van der Waals surface area contributed by atoms with Crippen LogP contribution in [0.3, 0.4) is 0 Å². The molecule has 25 heavy (non-hydrogen) atoms. The molecule has 0 heterocycles. The van der Waals surface area contributed by atoms with Crippen molar-refractivity contribution in [1.82, 2.24) is 0 Å². The Morgan fingerprint density at radius 3 is 2.60 bits per heavy atom. The summed E-state index contributed by atoms with van der Waals surface area (Å²) in [5.74, 6) is -1.47. The van der Waals surface area contributed by atoms with E-state index >= 15 is 0 Å². The summed E-state index contributed by atoms with van der Waals surface area (Å²) in [7, 11) is 0. The first-order chi connectivity index (χ1) is 12.0.